The molecule has 18 heavy (non-hydrogen) atoms. The van der Waals surface area contributed by atoms with Crippen LogP contribution in [0.3, 0.4) is 0 Å². The van der Waals surface area contributed by atoms with E-state index in [1.54, 1.807) is 0 Å². The fraction of sp³-hybridized carbons (Fsp3) is 0.929. The van der Waals surface area contributed by atoms with Gasteiger partial charge in [0.2, 0.25) is 0 Å². The van der Waals surface area contributed by atoms with E-state index >= 15 is 0 Å². The molecule has 1 saturated heterocycles. The summed E-state index contributed by atoms with van der Waals surface area (Å²) >= 11 is 0. The second-order valence-corrected chi connectivity index (χ2v) is 6.12. The number of ether oxygens (including phenoxy) is 2. The monoisotopic (exact) mass is 257 g/mol. The summed E-state index contributed by atoms with van der Waals surface area (Å²) in [4.78, 5) is 12.0. The molecule has 0 aromatic heterocycles. The minimum atomic E-state index is -0.184. The fourth-order valence-corrected chi connectivity index (χ4v) is 2.22. The van der Waals surface area contributed by atoms with Gasteiger partial charge in [-0.3, -0.25) is 4.79 Å². The highest BCUT2D eigenvalue weighted by atomic mass is 16.6. The standard InChI is InChI=1S/C14H27NO3/c1-11(2)10-17-8-9-18-13(16)12-14(3,4)6-5-7-15-12/h11-12,15H,5-10H2,1-4H3. The Morgan fingerprint density at radius 2 is 2.11 bits per heavy atom. The number of piperidine rings is 1. The van der Waals surface area contributed by atoms with Gasteiger partial charge in [-0.2, -0.15) is 0 Å². The minimum Gasteiger partial charge on any atom is -0.462 e. The van der Waals surface area contributed by atoms with Crippen molar-refractivity contribution in [2.24, 2.45) is 11.3 Å². The maximum atomic E-state index is 12.0. The third kappa shape index (κ3) is 4.94. The molecule has 1 rings (SSSR count). The van der Waals surface area contributed by atoms with Crippen LogP contribution in [0.4, 0.5) is 0 Å². The molecule has 1 unspecified atom stereocenters. The van der Waals surface area contributed by atoms with E-state index in [0.29, 0.717) is 25.7 Å². The Labute approximate surface area is 110 Å². The summed E-state index contributed by atoms with van der Waals surface area (Å²) in [5, 5.41) is 3.25. The van der Waals surface area contributed by atoms with E-state index in [1.807, 2.05) is 0 Å². The van der Waals surface area contributed by atoms with E-state index in [4.69, 9.17) is 9.47 Å². The molecular formula is C14H27NO3. The van der Waals surface area contributed by atoms with Crippen molar-refractivity contribution in [1.29, 1.82) is 0 Å². The summed E-state index contributed by atoms with van der Waals surface area (Å²) in [7, 11) is 0. The average Bonchev–Trinajstić information content (AvgIpc) is 2.27. The van der Waals surface area contributed by atoms with Crippen LogP contribution in [0, 0.1) is 11.3 Å². The predicted octanol–water partition coefficient (Wildman–Crippen LogP) is 1.98. The zero-order valence-corrected chi connectivity index (χ0v) is 12.1. The number of hydrogen-bond donors (Lipinski definition) is 1. The Hall–Kier alpha value is -0.610. The van der Waals surface area contributed by atoms with Gasteiger partial charge in [0.05, 0.1) is 6.61 Å². The quantitative estimate of drug-likeness (QED) is 0.584. The van der Waals surface area contributed by atoms with Gasteiger partial charge in [-0.1, -0.05) is 27.7 Å². The smallest absolute Gasteiger partial charge is 0.323 e. The second kappa shape index (κ2) is 7.10. The number of nitrogens with one attached hydrogen (secondary N) is 1. The third-order valence-electron chi connectivity index (χ3n) is 3.29. The van der Waals surface area contributed by atoms with Gasteiger partial charge >= 0.3 is 5.97 Å². The normalized spacial score (nSPS) is 23.1. The largest absolute Gasteiger partial charge is 0.462 e. The lowest BCUT2D eigenvalue weighted by molar-refractivity contribution is -0.152. The van der Waals surface area contributed by atoms with Crippen LogP contribution in [0.2, 0.25) is 0 Å². The molecule has 0 bridgehead atoms. The van der Waals surface area contributed by atoms with Crippen LogP contribution in [0.1, 0.15) is 40.5 Å². The first kappa shape index (κ1) is 15.4. The number of hydrogen-bond acceptors (Lipinski definition) is 4. The molecule has 0 radical (unpaired) electrons. The molecule has 0 aromatic carbocycles. The van der Waals surface area contributed by atoms with Crippen molar-refractivity contribution < 1.29 is 14.3 Å². The van der Waals surface area contributed by atoms with Gasteiger partial charge in [0, 0.05) is 6.61 Å². The summed E-state index contributed by atoms with van der Waals surface area (Å²) in [5.41, 5.74) is -0.0197. The van der Waals surface area contributed by atoms with Crippen molar-refractivity contribution in [1.82, 2.24) is 5.32 Å². The Morgan fingerprint density at radius 1 is 1.39 bits per heavy atom. The molecule has 106 valence electrons. The molecule has 1 atom stereocenters. The Kier molecular flexibility index (Phi) is 6.09. The van der Waals surface area contributed by atoms with E-state index in [0.717, 1.165) is 19.4 Å². The molecule has 4 heteroatoms. The minimum absolute atomic E-state index is 0.0197. The lowest BCUT2D eigenvalue weighted by Gasteiger charge is -2.37. The van der Waals surface area contributed by atoms with Crippen LogP contribution in [0.5, 0.6) is 0 Å². The van der Waals surface area contributed by atoms with Crippen LogP contribution in [-0.2, 0) is 14.3 Å². The molecule has 1 fully saturated rings. The Balaban J connectivity index is 2.23. The summed E-state index contributed by atoms with van der Waals surface area (Å²) in [6.45, 7) is 10.9. The van der Waals surface area contributed by atoms with Gasteiger partial charge in [-0.25, -0.2) is 0 Å². The van der Waals surface area contributed by atoms with Crippen molar-refractivity contribution in [3.8, 4) is 0 Å². The Morgan fingerprint density at radius 3 is 2.72 bits per heavy atom. The van der Waals surface area contributed by atoms with Gasteiger partial charge in [0.15, 0.2) is 0 Å². The van der Waals surface area contributed by atoms with Gasteiger partial charge in [0.25, 0.3) is 0 Å². The lowest BCUT2D eigenvalue weighted by atomic mass is 9.77. The molecule has 4 nitrogen and oxygen atoms in total. The highest BCUT2D eigenvalue weighted by molar-refractivity contribution is 5.77. The number of esters is 1. The SMILES string of the molecule is CC(C)COCCOC(=O)C1NCCCC1(C)C. The zero-order chi connectivity index (χ0) is 13.6. The summed E-state index contributed by atoms with van der Waals surface area (Å²) in [5.74, 6) is 0.368. The molecule has 0 aliphatic carbocycles. The molecule has 0 saturated carbocycles. The van der Waals surface area contributed by atoms with Crippen molar-refractivity contribution in [3.63, 3.8) is 0 Å². The highest BCUT2D eigenvalue weighted by Crippen LogP contribution is 2.30. The van der Waals surface area contributed by atoms with Crippen molar-refractivity contribution >= 4 is 5.97 Å². The van der Waals surface area contributed by atoms with Crippen LogP contribution in [0.15, 0.2) is 0 Å². The van der Waals surface area contributed by atoms with Crippen LogP contribution in [-0.4, -0.2) is 38.4 Å². The molecule has 1 N–H and O–H groups in total. The number of rotatable bonds is 6. The maximum absolute atomic E-state index is 12.0. The van der Waals surface area contributed by atoms with E-state index in [1.165, 1.54) is 0 Å². The maximum Gasteiger partial charge on any atom is 0.323 e. The molecule has 0 aromatic rings. The zero-order valence-electron chi connectivity index (χ0n) is 12.1. The van der Waals surface area contributed by atoms with Crippen molar-refractivity contribution in [3.05, 3.63) is 0 Å². The third-order valence-corrected chi connectivity index (χ3v) is 3.29. The molecule has 1 heterocycles. The highest BCUT2D eigenvalue weighted by Gasteiger charge is 2.38. The molecular weight excluding hydrogens is 230 g/mol. The van der Waals surface area contributed by atoms with Gasteiger partial charge in [0.1, 0.15) is 12.6 Å². The molecule has 1 aliphatic heterocycles. The second-order valence-electron chi connectivity index (χ2n) is 6.12. The number of carbonyl (C=O) groups excluding carboxylic acids is 1. The van der Waals surface area contributed by atoms with E-state index in [2.05, 4.69) is 33.0 Å². The summed E-state index contributed by atoms with van der Waals surface area (Å²) in [6, 6.07) is -0.184. The lowest BCUT2D eigenvalue weighted by Crippen LogP contribution is -2.52. The molecule has 0 amide bonds. The Bertz CT molecular complexity index is 264. The van der Waals surface area contributed by atoms with Crippen molar-refractivity contribution in [2.45, 2.75) is 46.6 Å². The van der Waals surface area contributed by atoms with Gasteiger partial charge in [-0.15, -0.1) is 0 Å². The van der Waals surface area contributed by atoms with Crippen LogP contribution in [0.25, 0.3) is 0 Å². The number of carbonyl (C=O) groups is 1. The van der Waals surface area contributed by atoms with E-state index in [-0.39, 0.29) is 17.4 Å². The van der Waals surface area contributed by atoms with Gasteiger partial charge < -0.3 is 14.8 Å². The molecule has 0 spiro atoms. The van der Waals surface area contributed by atoms with Crippen LogP contribution >= 0.6 is 0 Å². The summed E-state index contributed by atoms with van der Waals surface area (Å²) in [6.07, 6.45) is 2.18. The fourth-order valence-electron chi connectivity index (χ4n) is 2.22. The first-order valence-corrected chi connectivity index (χ1v) is 6.91. The van der Waals surface area contributed by atoms with E-state index in [9.17, 15) is 4.79 Å². The van der Waals surface area contributed by atoms with Crippen molar-refractivity contribution in [2.75, 3.05) is 26.4 Å². The van der Waals surface area contributed by atoms with Gasteiger partial charge in [-0.05, 0) is 30.7 Å². The topological polar surface area (TPSA) is 47.6 Å². The predicted molar refractivity (Wildman–Crippen MR) is 71.4 cm³/mol. The first-order chi connectivity index (χ1) is 8.43. The average molecular weight is 257 g/mol. The summed E-state index contributed by atoms with van der Waals surface area (Å²) < 4.78 is 10.7. The molecule has 1 aliphatic rings. The van der Waals surface area contributed by atoms with E-state index < -0.39 is 0 Å². The van der Waals surface area contributed by atoms with Crippen LogP contribution < -0.4 is 5.32 Å². The first-order valence-electron chi connectivity index (χ1n) is 6.91.